The smallest absolute Gasteiger partial charge is 0.251 e. The van der Waals surface area contributed by atoms with Gasteiger partial charge in [0, 0.05) is 42.5 Å². The number of nitrogens with one attached hydrogen (secondary N) is 1. The van der Waals surface area contributed by atoms with Crippen LogP contribution >= 0.6 is 0 Å². The Balaban J connectivity index is 1.06. The van der Waals surface area contributed by atoms with Crippen LogP contribution in [0.15, 0.2) is 110 Å². The molecule has 0 fully saturated rings. The lowest BCUT2D eigenvalue weighted by Crippen LogP contribution is -2.27. The molecule has 4 aromatic heterocycles. The quantitative estimate of drug-likeness (QED) is 0.157. The molecule has 3 aromatic carbocycles. The van der Waals surface area contributed by atoms with Crippen LogP contribution in [0.3, 0.4) is 0 Å². The number of pyridine rings is 2. The van der Waals surface area contributed by atoms with Gasteiger partial charge in [-0.2, -0.15) is 5.10 Å². The Morgan fingerprint density at radius 1 is 0.942 bits per heavy atom. The molecule has 1 atom stereocenters. The molecule has 0 unspecified atom stereocenters. The zero-order valence-corrected chi connectivity index (χ0v) is 28.7. The van der Waals surface area contributed by atoms with Crippen molar-refractivity contribution in [1.82, 2.24) is 34.6 Å². The highest BCUT2D eigenvalue weighted by Gasteiger charge is 2.27. The summed E-state index contributed by atoms with van der Waals surface area (Å²) in [5, 5.41) is 7.62. The molecule has 12 heteroatoms. The van der Waals surface area contributed by atoms with Gasteiger partial charge in [0.15, 0.2) is 17.3 Å². The summed E-state index contributed by atoms with van der Waals surface area (Å²) >= 11 is 0. The van der Waals surface area contributed by atoms with Gasteiger partial charge < -0.3 is 25.3 Å². The fraction of sp³-hybridized carbons (Fsp3) is 0.175. The summed E-state index contributed by atoms with van der Waals surface area (Å²) in [6, 6.07) is 28.7. The van der Waals surface area contributed by atoms with Gasteiger partial charge in [-0.3, -0.25) is 9.36 Å². The monoisotopic (exact) mass is 692 g/mol. The molecule has 260 valence electrons. The van der Waals surface area contributed by atoms with E-state index in [-0.39, 0.29) is 11.9 Å². The fourth-order valence-corrected chi connectivity index (χ4v) is 6.66. The van der Waals surface area contributed by atoms with Crippen molar-refractivity contribution in [2.24, 2.45) is 0 Å². The first-order chi connectivity index (χ1) is 25.5. The number of fused-ring (bicyclic) bond motifs is 2. The van der Waals surface area contributed by atoms with Crippen molar-refractivity contribution < 1.29 is 19.0 Å². The SMILES string of the molecule is COCc1cc(C(=O)N[C@H]2CCc3cc(-n4c(-c5cccnc5N)nc5ccc(-n6cccn6)nc54)ccc32)ccc1OCc1ccc(OC)cc1. The van der Waals surface area contributed by atoms with Gasteiger partial charge in [0.25, 0.3) is 5.91 Å². The van der Waals surface area contributed by atoms with Gasteiger partial charge in [-0.1, -0.05) is 18.2 Å². The summed E-state index contributed by atoms with van der Waals surface area (Å²) in [4.78, 5) is 27.9. The summed E-state index contributed by atoms with van der Waals surface area (Å²) in [5.41, 5.74) is 13.9. The van der Waals surface area contributed by atoms with E-state index in [2.05, 4.69) is 27.5 Å². The van der Waals surface area contributed by atoms with E-state index in [4.69, 9.17) is 29.9 Å². The van der Waals surface area contributed by atoms with Gasteiger partial charge in [0.05, 0.1) is 25.3 Å². The number of ether oxygens (including phenoxy) is 3. The average Bonchev–Trinajstić information content (AvgIpc) is 3.94. The molecule has 0 aliphatic heterocycles. The third kappa shape index (κ3) is 6.31. The van der Waals surface area contributed by atoms with Crippen LogP contribution in [0.1, 0.15) is 45.1 Å². The maximum absolute atomic E-state index is 13.6. The van der Waals surface area contributed by atoms with Gasteiger partial charge in [0.1, 0.15) is 29.4 Å². The Morgan fingerprint density at radius 3 is 2.62 bits per heavy atom. The standard InChI is InChI=1S/C40H36N8O4/c1-50-24-28-21-27(9-16-35(28)52-23-25-6-11-30(51-2)12-7-25)40(49)45-33-14-8-26-22-29(10-13-31(26)33)48-38(32-5-3-18-42-37(32)41)44-34-15-17-36(46-39(34)48)47-20-4-19-43-47/h3-7,9-13,15-22,33H,8,14,23-24H2,1-2H3,(H2,41,42)(H,45,49)/t33-/m0/s1. The Bertz CT molecular complexity index is 2390. The Morgan fingerprint density at radius 2 is 1.83 bits per heavy atom. The van der Waals surface area contributed by atoms with Crippen LogP contribution in [0, 0.1) is 0 Å². The molecule has 4 heterocycles. The molecular formula is C40H36N8O4. The zero-order chi connectivity index (χ0) is 35.6. The highest BCUT2D eigenvalue weighted by atomic mass is 16.5. The number of rotatable bonds is 11. The maximum Gasteiger partial charge on any atom is 0.251 e. The molecule has 1 aliphatic rings. The third-order valence-corrected chi connectivity index (χ3v) is 9.25. The van der Waals surface area contributed by atoms with E-state index in [0.717, 1.165) is 46.5 Å². The number of amides is 1. The second-order valence-corrected chi connectivity index (χ2v) is 12.5. The van der Waals surface area contributed by atoms with Crippen LogP contribution in [0.25, 0.3) is 34.1 Å². The van der Waals surface area contributed by atoms with Crippen molar-refractivity contribution >= 4 is 22.9 Å². The number of carbonyl (C=O) groups is 1. The molecule has 0 bridgehead atoms. The summed E-state index contributed by atoms with van der Waals surface area (Å²) in [6.07, 6.45) is 6.79. The molecular weight excluding hydrogens is 656 g/mol. The first-order valence-corrected chi connectivity index (χ1v) is 16.9. The Hall–Kier alpha value is -6.53. The topological polar surface area (TPSA) is 144 Å². The molecule has 1 aliphatic carbocycles. The number of methoxy groups -OCH3 is 2. The van der Waals surface area contributed by atoms with Crippen LogP contribution in [-0.4, -0.2) is 49.4 Å². The number of imidazole rings is 1. The highest BCUT2D eigenvalue weighted by molar-refractivity contribution is 5.95. The van der Waals surface area contributed by atoms with Gasteiger partial charge in [0.2, 0.25) is 0 Å². The molecule has 3 N–H and O–H groups in total. The molecule has 0 saturated carbocycles. The van der Waals surface area contributed by atoms with Gasteiger partial charge in [-0.15, -0.1) is 0 Å². The van der Waals surface area contributed by atoms with Crippen molar-refractivity contribution in [1.29, 1.82) is 0 Å². The number of nitrogens with two attached hydrogens (primary N) is 1. The second-order valence-electron chi connectivity index (χ2n) is 12.5. The number of hydrogen-bond donors (Lipinski definition) is 2. The number of benzene rings is 3. The molecule has 52 heavy (non-hydrogen) atoms. The van der Waals surface area contributed by atoms with E-state index in [9.17, 15) is 4.79 Å². The van der Waals surface area contributed by atoms with E-state index in [1.165, 1.54) is 0 Å². The van der Waals surface area contributed by atoms with Crippen LogP contribution in [0.4, 0.5) is 5.82 Å². The van der Waals surface area contributed by atoms with E-state index >= 15 is 0 Å². The van der Waals surface area contributed by atoms with Crippen LogP contribution in [-0.2, 0) is 24.4 Å². The molecule has 8 rings (SSSR count). The Labute approximate surface area is 299 Å². The van der Waals surface area contributed by atoms with E-state index in [1.807, 2.05) is 83.6 Å². The summed E-state index contributed by atoms with van der Waals surface area (Å²) in [6.45, 7) is 0.683. The molecule has 0 spiro atoms. The molecule has 0 saturated heterocycles. The lowest BCUT2D eigenvalue weighted by Gasteiger charge is -2.17. The minimum absolute atomic E-state index is 0.147. The highest BCUT2D eigenvalue weighted by Crippen LogP contribution is 2.36. The summed E-state index contributed by atoms with van der Waals surface area (Å²) in [7, 11) is 3.26. The van der Waals surface area contributed by atoms with E-state index in [1.54, 1.807) is 37.4 Å². The fourth-order valence-electron chi connectivity index (χ4n) is 6.66. The Kier molecular flexibility index (Phi) is 8.79. The third-order valence-electron chi connectivity index (χ3n) is 9.25. The van der Waals surface area contributed by atoms with Crippen molar-refractivity contribution in [2.45, 2.75) is 32.1 Å². The normalized spacial score (nSPS) is 13.6. The first kappa shape index (κ1) is 32.7. The van der Waals surface area contributed by atoms with Crippen molar-refractivity contribution in [3.05, 3.63) is 137 Å². The largest absolute Gasteiger partial charge is 0.497 e. The number of hydrogen-bond acceptors (Lipinski definition) is 9. The van der Waals surface area contributed by atoms with Gasteiger partial charge in [-0.25, -0.2) is 19.6 Å². The number of carbonyl (C=O) groups excluding carboxylic acids is 1. The van der Waals surface area contributed by atoms with E-state index in [0.29, 0.717) is 58.7 Å². The average molecular weight is 693 g/mol. The number of nitrogen functional groups attached to an aromatic ring is 1. The second kappa shape index (κ2) is 14.0. The van der Waals surface area contributed by atoms with Crippen molar-refractivity contribution in [2.75, 3.05) is 20.0 Å². The predicted octanol–water partition coefficient (Wildman–Crippen LogP) is 6.40. The first-order valence-electron chi connectivity index (χ1n) is 16.9. The van der Waals surface area contributed by atoms with E-state index < -0.39 is 0 Å². The van der Waals surface area contributed by atoms with Crippen molar-refractivity contribution in [3.8, 4) is 34.4 Å². The van der Waals surface area contributed by atoms with Gasteiger partial charge in [-0.05, 0) is 102 Å². The van der Waals surface area contributed by atoms with Crippen LogP contribution in [0.2, 0.25) is 0 Å². The minimum Gasteiger partial charge on any atom is -0.497 e. The summed E-state index contributed by atoms with van der Waals surface area (Å²) in [5.74, 6) is 2.97. The van der Waals surface area contributed by atoms with Gasteiger partial charge >= 0.3 is 0 Å². The maximum atomic E-state index is 13.6. The zero-order valence-electron chi connectivity index (χ0n) is 28.7. The summed E-state index contributed by atoms with van der Waals surface area (Å²) < 4.78 is 20.5. The molecule has 12 nitrogen and oxygen atoms in total. The number of aryl methyl sites for hydroxylation is 1. The number of anilines is 1. The van der Waals surface area contributed by atoms with Crippen LogP contribution < -0.4 is 20.5 Å². The molecule has 7 aromatic rings. The molecule has 1 amide bonds. The number of nitrogens with zero attached hydrogens (tertiary/aromatic N) is 6. The van der Waals surface area contributed by atoms with Crippen molar-refractivity contribution in [3.63, 3.8) is 0 Å². The minimum atomic E-state index is -0.161. The predicted molar refractivity (Wildman–Crippen MR) is 197 cm³/mol. The lowest BCUT2D eigenvalue weighted by atomic mass is 10.1. The van der Waals surface area contributed by atoms with Crippen LogP contribution in [0.5, 0.6) is 11.5 Å². The molecule has 0 radical (unpaired) electrons. The lowest BCUT2D eigenvalue weighted by molar-refractivity contribution is 0.0936. The number of aromatic nitrogens is 6.